The number of rotatable bonds is 5. The Kier molecular flexibility index (Phi) is 5.26. The van der Waals surface area contributed by atoms with E-state index in [-0.39, 0.29) is 5.91 Å². The van der Waals surface area contributed by atoms with Crippen LogP contribution in [0.3, 0.4) is 0 Å². The van der Waals surface area contributed by atoms with E-state index in [1.54, 1.807) is 23.1 Å². The first-order chi connectivity index (χ1) is 9.54. The quantitative estimate of drug-likeness (QED) is 0.878. The number of nitrogens with one attached hydrogen (secondary N) is 1. The van der Waals surface area contributed by atoms with Crippen LogP contribution in [0.2, 0.25) is 0 Å². The minimum Gasteiger partial charge on any atom is -0.325 e. The molecule has 0 aliphatic heterocycles. The first kappa shape index (κ1) is 15.1. The van der Waals surface area contributed by atoms with E-state index < -0.39 is 0 Å². The van der Waals surface area contributed by atoms with Crippen molar-refractivity contribution < 1.29 is 4.79 Å². The number of amides is 1. The highest BCUT2D eigenvalue weighted by Gasteiger charge is 2.04. The standard InChI is InChI=1S/C16H19NOS2/c1-11-4-5-15(6-12(11)2)17-16(18)10-19-8-14-7-13(3)20-9-14/h4-7,9H,8,10H2,1-3H3,(H,17,18). The zero-order valence-electron chi connectivity index (χ0n) is 12.0. The second-order valence-electron chi connectivity index (χ2n) is 4.91. The molecular weight excluding hydrogens is 286 g/mol. The first-order valence-electron chi connectivity index (χ1n) is 6.53. The predicted molar refractivity (Wildman–Crippen MR) is 89.8 cm³/mol. The monoisotopic (exact) mass is 305 g/mol. The summed E-state index contributed by atoms with van der Waals surface area (Å²) in [6.45, 7) is 6.23. The summed E-state index contributed by atoms with van der Waals surface area (Å²) in [5, 5.41) is 5.10. The largest absolute Gasteiger partial charge is 0.325 e. The van der Waals surface area contributed by atoms with E-state index in [0.717, 1.165) is 11.4 Å². The van der Waals surface area contributed by atoms with Gasteiger partial charge in [0.05, 0.1) is 5.75 Å². The van der Waals surface area contributed by atoms with E-state index in [1.807, 2.05) is 18.2 Å². The third-order valence-electron chi connectivity index (χ3n) is 3.08. The van der Waals surface area contributed by atoms with Gasteiger partial charge in [0.25, 0.3) is 0 Å². The molecule has 0 radical (unpaired) electrons. The highest BCUT2D eigenvalue weighted by atomic mass is 32.2. The molecule has 0 spiro atoms. The second kappa shape index (κ2) is 6.95. The molecule has 0 fully saturated rings. The van der Waals surface area contributed by atoms with Crippen LogP contribution in [-0.4, -0.2) is 11.7 Å². The van der Waals surface area contributed by atoms with E-state index in [2.05, 4.69) is 37.5 Å². The van der Waals surface area contributed by atoms with E-state index in [4.69, 9.17) is 0 Å². The Balaban J connectivity index is 1.79. The molecule has 0 unspecified atom stereocenters. The minimum absolute atomic E-state index is 0.0604. The molecule has 20 heavy (non-hydrogen) atoms. The smallest absolute Gasteiger partial charge is 0.234 e. The predicted octanol–water partition coefficient (Wildman–Crippen LogP) is 4.55. The Morgan fingerprint density at radius 1 is 1.20 bits per heavy atom. The molecule has 0 bridgehead atoms. The van der Waals surface area contributed by atoms with Crippen LogP contribution in [0.25, 0.3) is 0 Å². The number of thiophene rings is 1. The van der Waals surface area contributed by atoms with E-state index in [0.29, 0.717) is 5.75 Å². The van der Waals surface area contributed by atoms with Crippen LogP contribution in [0, 0.1) is 20.8 Å². The summed E-state index contributed by atoms with van der Waals surface area (Å²) in [6, 6.07) is 8.18. The summed E-state index contributed by atoms with van der Waals surface area (Å²) >= 11 is 3.40. The highest BCUT2D eigenvalue weighted by Crippen LogP contribution is 2.19. The van der Waals surface area contributed by atoms with Crippen molar-refractivity contribution >= 4 is 34.7 Å². The molecule has 0 aliphatic rings. The van der Waals surface area contributed by atoms with E-state index in [1.165, 1.54) is 21.6 Å². The number of anilines is 1. The Hall–Kier alpha value is -1.26. The molecule has 0 atom stereocenters. The Morgan fingerprint density at radius 3 is 2.65 bits per heavy atom. The van der Waals surface area contributed by atoms with Crippen molar-refractivity contribution in [1.82, 2.24) is 0 Å². The molecule has 1 amide bonds. The maximum absolute atomic E-state index is 11.9. The van der Waals surface area contributed by atoms with Gasteiger partial charge in [-0.3, -0.25) is 4.79 Å². The van der Waals surface area contributed by atoms with Crippen LogP contribution in [0.15, 0.2) is 29.6 Å². The van der Waals surface area contributed by atoms with Gasteiger partial charge in [-0.15, -0.1) is 23.1 Å². The summed E-state index contributed by atoms with van der Waals surface area (Å²) in [6.07, 6.45) is 0. The normalized spacial score (nSPS) is 10.6. The van der Waals surface area contributed by atoms with Gasteiger partial charge in [0.15, 0.2) is 0 Å². The summed E-state index contributed by atoms with van der Waals surface area (Å²) in [4.78, 5) is 13.2. The summed E-state index contributed by atoms with van der Waals surface area (Å²) in [5.74, 6) is 1.44. The topological polar surface area (TPSA) is 29.1 Å². The van der Waals surface area contributed by atoms with Crippen molar-refractivity contribution in [2.45, 2.75) is 26.5 Å². The maximum Gasteiger partial charge on any atom is 0.234 e. The average Bonchev–Trinajstić information content (AvgIpc) is 2.80. The lowest BCUT2D eigenvalue weighted by Gasteiger charge is -2.07. The Labute approximate surface area is 128 Å². The van der Waals surface area contributed by atoms with Crippen LogP contribution in [0.1, 0.15) is 21.6 Å². The fourth-order valence-electron chi connectivity index (χ4n) is 1.85. The van der Waals surface area contributed by atoms with Crippen molar-refractivity contribution in [3.8, 4) is 0 Å². The SMILES string of the molecule is Cc1cc(CSCC(=O)Nc2ccc(C)c(C)c2)cs1. The molecule has 2 aromatic rings. The minimum atomic E-state index is 0.0604. The third-order valence-corrected chi connectivity index (χ3v) is 4.99. The number of carbonyl (C=O) groups is 1. The van der Waals surface area contributed by atoms with Crippen LogP contribution in [0.4, 0.5) is 5.69 Å². The maximum atomic E-state index is 11.9. The number of benzene rings is 1. The molecule has 106 valence electrons. The molecule has 1 aromatic heterocycles. The lowest BCUT2D eigenvalue weighted by Crippen LogP contribution is -2.14. The molecular formula is C16H19NOS2. The molecule has 1 N–H and O–H groups in total. The van der Waals surface area contributed by atoms with Crippen molar-refractivity contribution in [3.63, 3.8) is 0 Å². The summed E-state index contributed by atoms with van der Waals surface area (Å²) < 4.78 is 0. The molecule has 1 heterocycles. The van der Waals surface area contributed by atoms with Crippen LogP contribution >= 0.6 is 23.1 Å². The van der Waals surface area contributed by atoms with Gasteiger partial charge in [-0.25, -0.2) is 0 Å². The highest BCUT2D eigenvalue weighted by molar-refractivity contribution is 7.99. The van der Waals surface area contributed by atoms with Crippen LogP contribution in [-0.2, 0) is 10.5 Å². The van der Waals surface area contributed by atoms with Crippen molar-refractivity contribution in [2.75, 3.05) is 11.1 Å². The van der Waals surface area contributed by atoms with E-state index in [9.17, 15) is 4.79 Å². The second-order valence-corrected chi connectivity index (χ2v) is 7.01. The van der Waals surface area contributed by atoms with E-state index >= 15 is 0 Å². The molecule has 4 heteroatoms. The van der Waals surface area contributed by atoms with Crippen molar-refractivity contribution in [1.29, 1.82) is 0 Å². The van der Waals surface area contributed by atoms with Gasteiger partial charge in [0, 0.05) is 16.3 Å². The average molecular weight is 305 g/mol. The number of thioether (sulfide) groups is 1. The van der Waals surface area contributed by atoms with Gasteiger partial charge < -0.3 is 5.32 Å². The van der Waals surface area contributed by atoms with Gasteiger partial charge in [-0.05, 0) is 61.0 Å². The Bertz CT molecular complexity index is 604. The first-order valence-corrected chi connectivity index (χ1v) is 8.57. The van der Waals surface area contributed by atoms with Gasteiger partial charge in [0.1, 0.15) is 0 Å². The number of carbonyl (C=O) groups excluding carboxylic acids is 1. The van der Waals surface area contributed by atoms with Gasteiger partial charge >= 0.3 is 0 Å². The lowest BCUT2D eigenvalue weighted by atomic mass is 10.1. The molecule has 1 aromatic carbocycles. The third kappa shape index (κ3) is 4.39. The molecule has 0 saturated heterocycles. The van der Waals surface area contributed by atoms with Crippen molar-refractivity contribution in [3.05, 3.63) is 51.2 Å². The number of hydrogen-bond acceptors (Lipinski definition) is 3. The zero-order chi connectivity index (χ0) is 14.5. The van der Waals surface area contributed by atoms with Gasteiger partial charge in [0.2, 0.25) is 5.91 Å². The number of aryl methyl sites for hydroxylation is 3. The fourth-order valence-corrected chi connectivity index (χ4v) is 3.43. The van der Waals surface area contributed by atoms with Crippen LogP contribution < -0.4 is 5.32 Å². The summed E-state index contributed by atoms with van der Waals surface area (Å²) in [5.41, 5.74) is 4.62. The van der Waals surface area contributed by atoms with Crippen LogP contribution in [0.5, 0.6) is 0 Å². The molecule has 2 rings (SSSR count). The fraction of sp³-hybridized carbons (Fsp3) is 0.312. The molecule has 0 aliphatic carbocycles. The van der Waals surface area contributed by atoms with Crippen molar-refractivity contribution in [2.24, 2.45) is 0 Å². The zero-order valence-corrected chi connectivity index (χ0v) is 13.7. The van der Waals surface area contributed by atoms with Gasteiger partial charge in [-0.2, -0.15) is 0 Å². The lowest BCUT2D eigenvalue weighted by molar-refractivity contribution is -0.113. The van der Waals surface area contributed by atoms with Gasteiger partial charge in [-0.1, -0.05) is 6.07 Å². The molecule has 2 nitrogen and oxygen atoms in total. The summed E-state index contributed by atoms with van der Waals surface area (Å²) in [7, 11) is 0. The number of hydrogen-bond donors (Lipinski definition) is 1. The molecule has 0 saturated carbocycles. The Morgan fingerprint density at radius 2 is 2.00 bits per heavy atom.